The van der Waals surface area contributed by atoms with Crippen LogP contribution < -0.4 is 14.8 Å². The fraction of sp³-hybridized carbons (Fsp3) is 0.583. The number of halogens is 3. The topological polar surface area (TPSA) is 83.9 Å². The molecule has 7 nitrogen and oxygen atoms in total. The SMILES string of the molecule is CNc1c2c(nc3cc(OCCCN4CCCC4)c(OC)cc13)CCCC2.O=C(O)C(F)(F)F. The summed E-state index contributed by atoms with van der Waals surface area (Å²) >= 11 is 0. The lowest BCUT2D eigenvalue weighted by atomic mass is 9.92. The number of carboxylic acids is 1. The highest BCUT2D eigenvalue weighted by atomic mass is 19.4. The Labute approximate surface area is 197 Å². The number of hydrogen-bond acceptors (Lipinski definition) is 6. The molecular formula is C24H32F3N3O4. The number of fused-ring (bicyclic) bond motifs is 2. The number of alkyl halides is 3. The lowest BCUT2D eigenvalue weighted by Crippen LogP contribution is -2.21. The summed E-state index contributed by atoms with van der Waals surface area (Å²) < 4.78 is 43.5. The number of nitrogens with one attached hydrogen (secondary N) is 1. The first-order chi connectivity index (χ1) is 16.2. The summed E-state index contributed by atoms with van der Waals surface area (Å²) in [5, 5.41) is 11.7. The van der Waals surface area contributed by atoms with Gasteiger partial charge in [0.1, 0.15) is 0 Å². The maximum Gasteiger partial charge on any atom is 0.490 e. The standard InChI is InChI=1S/C22H31N3O2.C2HF3O2/c1-23-22-16-8-3-4-9-18(16)24-19-15-21(20(26-2)14-17(19)22)27-13-7-12-25-10-5-6-11-25;3-2(4,5)1(6)7/h14-15H,3-13H2,1-2H3,(H,23,24);(H,6,7). The van der Waals surface area contributed by atoms with Gasteiger partial charge in [-0.05, 0) is 69.7 Å². The number of pyridine rings is 1. The van der Waals surface area contributed by atoms with Crippen LogP contribution in [0.15, 0.2) is 12.1 Å². The van der Waals surface area contributed by atoms with Gasteiger partial charge in [-0.15, -0.1) is 0 Å². The largest absolute Gasteiger partial charge is 0.493 e. The molecular weight excluding hydrogens is 451 g/mol. The number of hydrogen-bond donors (Lipinski definition) is 2. The average Bonchev–Trinajstić information content (AvgIpc) is 3.33. The Hall–Kier alpha value is -2.75. The van der Waals surface area contributed by atoms with Gasteiger partial charge in [0.15, 0.2) is 11.5 Å². The zero-order valence-electron chi connectivity index (χ0n) is 19.6. The van der Waals surface area contributed by atoms with E-state index in [2.05, 4.69) is 22.3 Å². The molecule has 0 unspecified atom stereocenters. The van der Waals surface area contributed by atoms with E-state index >= 15 is 0 Å². The van der Waals surface area contributed by atoms with Gasteiger partial charge in [-0.2, -0.15) is 13.2 Å². The maximum absolute atomic E-state index is 10.6. The van der Waals surface area contributed by atoms with Gasteiger partial charge < -0.3 is 24.8 Å². The van der Waals surface area contributed by atoms with E-state index in [4.69, 9.17) is 24.4 Å². The van der Waals surface area contributed by atoms with Crippen LogP contribution in [0.5, 0.6) is 11.5 Å². The zero-order valence-corrected chi connectivity index (χ0v) is 19.6. The molecule has 1 aromatic heterocycles. The van der Waals surface area contributed by atoms with Crippen LogP contribution in [-0.2, 0) is 17.6 Å². The second kappa shape index (κ2) is 11.6. The summed E-state index contributed by atoms with van der Waals surface area (Å²) in [6.45, 7) is 4.30. The number of methoxy groups -OCH3 is 1. The molecule has 1 aliphatic heterocycles. The lowest BCUT2D eigenvalue weighted by molar-refractivity contribution is -0.192. The molecule has 0 amide bonds. The first-order valence-corrected chi connectivity index (χ1v) is 11.6. The summed E-state index contributed by atoms with van der Waals surface area (Å²) in [6.07, 6.45) is 3.27. The second-order valence-electron chi connectivity index (χ2n) is 8.44. The van der Waals surface area contributed by atoms with Crippen molar-refractivity contribution in [2.75, 3.05) is 45.7 Å². The third-order valence-corrected chi connectivity index (χ3v) is 6.11. The summed E-state index contributed by atoms with van der Waals surface area (Å²) in [5.74, 6) is -1.16. The minimum Gasteiger partial charge on any atom is -0.493 e. The number of nitrogens with zero attached hydrogens (tertiary/aromatic N) is 2. The van der Waals surface area contributed by atoms with E-state index in [1.54, 1.807) is 7.11 Å². The Morgan fingerprint density at radius 2 is 1.82 bits per heavy atom. The van der Waals surface area contributed by atoms with Crippen LogP contribution in [0.1, 0.15) is 43.4 Å². The highest BCUT2D eigenvalue weighted by molar-refractivity contribution is 5.95. The zero-order chi connectivity index (χ0) is 24.7. The molecule has 0 saturated carbocycles. The number of likely N-dealkylation sites (tertiary alicyclic amines) is 1. The number of anilines is 1. The number of benzene rings is 1. The molecule has 0 radical (unpaired) electrons. The van der Waals surface area contributed by atoms with Crippen molar-refractivity contribution in [1.82, 2.24) is 9.88 Å². The summed E-state index contributed by atoms with van der Waals surface area (Å²) in [7, 11) is 3.71. The fourth-order valence-electron chi connectivity index (χ4n) is 4.47. The predicted octanol–water partition coefficient (Wildman–Crippen LogP) is 4.66. The van der Waals surface area contributed by atoms with Gasteiger partial charge in [0.25, 0.3) is 0 Å². The molecule has 2 N–H and O–H groups in total. The van der Waals surface area contributed by atoms with Gasteiger partial charge in [-0.1, -0.05) is 0 Å². The van der Waals surface area contributed by atoms with Crippen molar-refractivity contribution in [3.63, 3.8) is 0 Å². The predicted molar refractivity (Wildman–Crippen MR) is 124 cm³/mol. The van der Waals surface area contributed by atoms with Crippen LogP contribution in [0.4, 0.5) is 18.9 Å². The molecule has 34 heavy (non-hydrogen) atoms. The van der Waals surface area contributed by atoms with E-state index in [0.717, 1.165) is 48.2 Å². The number of carboxylic acid groups (broad SMARTS) is 1. The minimum atomic E-state index is -5.08. The van der Waals surface area contributed by atoms with Crippen LogP contribution in [0.2, 0.25) is 0 Å². The molecule has 1 fully saturated rings. The molecule has 2 aromatic rings. The number of rotatable bonds is 7. The summed E-state index contributed by atoms with van der Waals surface area (Å²) in [4.78, 5) is 16.4. The minimum absolute atomic E-state index is 0.711. The molecule has 188 valence electrons. The number of aryl methyl sites for hydroxylation is 1. The molecule has 2 heterocycles. The molecule has 1 aromatic carbocycles. The van der Waals surface area contributed by atoms with E-state index in [0.29, 0.717) is 6.61 Å². The van der Waals surface area contributed by atoms with E-state index < -0.39 is 12.1 Å². The second-order valence-corrected chi connectivity index (χ2v) is 8.44. The van der Waals surface area contributed by atoms with E-state index in [9.17, 15) is 13.2 Å². The van der Waals surface area contributed by atoms with Crippen molar-refractivity contribution in [2.45, 2.75) is 51.1 Å². The highest BCUT2D eigenvalue weighted by Crippen LogP contribution is 2.39. The average molecular weight is 484 g/mol. The monoisotopic (exact) mass is 483 g/mol. The van der Waals surface area contributed by atoms with Gasteiger partial charge in [0.2, 0.25) is 0 Å². The number of ether oxygens (including phenoxy) is 2. The third-order valence-electron chi connectivity index (χ3n) is 6.11. The van der Waals surface area contributed by atoms with Gasteiger partial charge in [-0.25, -0.2) is 4.79 Å². The van der Waals surface area contributed by atoms with Crippen molar-refractivity contribution in [2.24, 2.45) is 0 Å². The third kappa shape index (κ3) is 6.43. The van der Waals surface area contributed by atoms with Gasteiger partial charge >= 0.3 is 12.1 Å². The Kier molecular flexibility index (Phi) is 8.82. The smallest absolute Gasteiger partial charge is 0.490 e. The number of aliphatic carboxylic acids is 1. The van der Waals surface area contributed by atoms with E-state index in [-0.39, 0.29) is 0 Å². The van der Waals surface area contributed by atoms with Gasteiger partial charge in [-0.3, -0.25) is 4.98 Å². The molecule has 2 aliphatic rings. The quantitative estimate of drug-likeness (QED) is 0.554. The molecule has 1 saturated heterocycles. The Morgan fingerprint density at radius 1 is 1.15 bits per heavy atom. The van der Waals surface area contributed by atoms with E-state index in [1.165, 1.54) is 55.7 Å². The summed E-state index contributed by atoms with van der Waals surface area (Å²) in [6, 6.07) is 4.14. The van der Waals surface area contributed by atoms with Crippen LogP contribution in [0, 0.1) is 0 Å². The molecule has 10 heteroatoms. The normalized spacial score (nSPS) is 15.9. The van der Waals surface area contributed by atoms with Gasteiger partial charge in [0, 0.05) is 36.4 Å². The Morgan fingerprint density at radius 3 is 2.44 bits per heavy atom. The van der Waals surface area contributed by atoms with Crippen LogP contribution in [-0.4, -0.2) is 67.5 Å². The fourth-order valence-corrected chi connectivity index (χ4v) is 4.47. The maximum atomic E-state index is 10.6. The molecule has 0 bridgehead atoms. The number of aromatic nitrogens is 1. The van der Waals surface area contributed by atoms with Crippen molar-refractivity contribution in [1.29, 1.82) is 0 Å². The van der Waals surface area contributed by atoms with Gasteiger partial charge in [0.05, 0.1) is 19.2 Å². The molecule has 1 aliphatic carbocycles. The van der Waals surface area contributed by atoms with Crippen LogP contribution in [0.3, 0.4) is 0 Å². The van der Waals surface area contributed by atoms with E-state index in [1.807, 2.05) is 7.05 Å². The van der Waals surface area contributed by atoms with Crippen molar-refractivity contribution < 1.29 is 32.5 Å². The molecule has 4 rings (SSSR count). The van der Waals surface area contributed by atoms with Crippen molar-refractivity contribution in [3.8, 4) is 11.5 Å². The lowest BCUT2D eigenvalue weighted by Gasteiger charge is -2.21. The highest BCUT2D eigenvalue weighted by Gasteiger charge is 2.38. The molecule has 0 atom stereocenters. The molecule has 0 spiro atoms. The van der Waals surface area contributed by atoms with Crippen molar-refractivity contribution >= 4 is 22.6 Å². The van der Waals surface area contributed by atoms with Crippen LogP contribution in [0.25, 0.3) is 10.9 Å². The first kappa shape index (κ1) is 25.9. The van der Waals surface area contributed by atoms with Crippen molar-refractivity contribution in [3.05, 3.63) is 23.4 Å². The number of carbonyl (C=O) groups is 1. The van der Waals surface area contributed by atoms with Crippen LogP contribution >= 0.6 is 0 Å². The first-order valence-electron chi connectivity index (χ1n) is 11.6. The Balaban J connectivity index is 0.000000406. The summed E-state index contributed by atoms with van der Waals surface area (Å²) in [5.41, 5.74) is 4.81. The Bertz CT molecular complexity index is 992.